The molecule has 74 valence electrons. The largest absolute Gasteiger partial charge is 0.300 e. The summed E-state index contributed by atoms with van der Waals surface area (Å²) >= 11 is 0. The first-order chi connectivity index (χ1) is 6.25. The van der Waals surface area contributed by atoms with Gasteiger partial charge in [-0.15, -0.1) is 0 Å². The second kappa shape index (κ2) is 3.79. The SMILES string of the molecule is C[C@@H]1CCN2CCCC(=O)C[C@H]2C1. The number of fused-ring (bicyclic) bond motifs is 1. The average Bonchev–Trinajstić information content (AvgIpc) is 2.25. The first kappa shape index (κ1) is 9.20. The molecule has 0 aliphatic carbocycles. The Bertz CT molecular complexity index is 202. The number of carbonyl (C=O) groups excluding carboxylic acids is 1. The third-order valence-electron chi connectivity index (χ3n) is 3.46. The number of hydrogen-bond acceptors (Lipinski definition) is 2. The van der Waals surface area contributed by atoms with Crippen molar-refractivity contribution in [1.82, 2.24) is 4.90 Å². The van der Waals surface area contributed by atoms with Crippen LogP contribution in [0, 0.1) is 5.92 Å². The van der Waals surface area contributed by atoms with Crippen LogP contribution in [0.2, 0.25) is 0 Å². The van der Waals surface area contributed by atoms with Gasteiger partial charge in [0.05, 0.1) is 0 Å². The van der Waals surface area contributed by atoms with Gasteiger partial charge < -0.3 is 0 Å². The summed E-state index contributed by atoms with van der Waals surface area (Å²) in [5.41, 5.74) is 0. The van der Waals surface area contributed by atoms with Crippen LogP contribution in [0.5, 0.6) is 0 Å². The molecule has 2 atom stereocenters. The second-order valence-corrected chi connectivity index (χ2v) is 4.67. The smallest absolute Gasteiger partial charge is 0.134 e. The third-order valence-corrected chi connectivity index (χ3v) is 3.46. The standard InChI is InChI=1S/C11H19NO/c1-9-4-6-12-5-2-3-11(13)8-10(12)7-9/h9-10H,2-8H2,1H3/t9-,10-/m1/s1. The molecule has 0 amide bonds. The molecule has 0 spiro atoms. The summed E-state index contributed by atoms with van der Waals surface area (Å²) in [6.45, 7) is 4.69. The van der Waals surface area contributed by atoms with Gasteiger partial charge in [-0.2, -0.15) is 0 Å². The lowest BCUT2D eigenvalue weighted by molar-refractivity contribution is -0.119. The number of hydrogen-bond donors (Lipinski definition) is 0. The highest BCUT2D eigenvalue weighted by Crippen LogP contribution is 2.27. The van der Waals surface area contributed by atoms with Gasteiger partial charge in [0.1, 0.15) is 5.78 Å². The zero-order chi connectivity index (χ0) is 9.26. The van der Waals surface area contributed by atoms with Gasteiger partial charge in [0.2, 0.25) is 0 Å². The summed E-state index contributed by atoms with van der Waals surface area (Å²) in [6, 6.07) is 0.582. The molecule has 2 heterocycles. The van der Waals surface area contributed by atoms with E-state index in [0.717, 1.165) is 31.7 Å². The highest BCUT2D eigenvalue weighted by atomic mass is 16.1. The van der Waals surface area contributed by atoms with E-state index in [9.17, 15) is 4.79 Å². The van der Waals surface area contributed by atoms with Gasteiger partial charge in [0.15, 0.2) is 0 Å². The molecule has 13 heavy (non-hydrogen) atoms. The topological polar surface area (TPSA) is 20.3 Å². The van der Waals surface area contributed by atoms with Crippen molar-refractivity contribution in [3.63, 3.8) is 0 Å². The predicted molar refractivity (Wildman–Crippen MR) is 52.6 cm³/mol. The fourth-order valence-corrected chi connectivity index (χ4v) is 2.65. The third kappa shape index (κ3) is 2.11. The molecule has 0 bridgehead atoms. The van der Waals surface area contributed by atoms with Crippen molar-refractivity contribution in [1.29, 1.82) is 0 Å². The van der Waals surface area contributed by atoms with E-state index >= 15 is 0 Å². The van der Waals surface area contributed by atoms with Crippen molar-refractivity contribution in [3.8, 4) is 0 Å². The Kier molecular flexibility index (Phi) is 2.68. The Labute approximate surface area is 80.3 Å². The van der Waals surface area contributed by atoms with Gasteiger partial charge in [-0.3, -0.25) is 9.69 Å². The number of carbonyl (C=O) groups is 1. The van der Waals surface area contributed by atoms with Gasteiger partial charge in [-0.05, 0) is 38.3 Å². The first-order valence-electron chi connectivity index (χ1n) is 5.51. The zero-order valence-electron chi connectivity index (χ0n) is 8.46. The quantitative estimate of drug-likeness (QED) is 0.568. The molecule has 2 aliphatic rings. The Morgan fingerprint density at radius 3 is 3.08 bits per heavy atom. The van der Waals surface area contributed by atoms with Gasteiger partial charge >= 0.3 is 0 Å². The molecule has 0 aromatic rings. The highest BCUT2D eigenvalue weighted by Gasteiger charge is 2.29. The Hall–Kier alpha value is -0.370. The van der Waals surface area contributed by atoms with E-state index in [1.807, 2.05) is 0 Å². The van der Waals surface area contributed by atoms with E-state index in [4.69, 9.17) is 0 Å². The molecule has 0 unspecified atom stereocenters. The van der Waals surface area contributed by atoms with E-state index in [2.05, 4.69) is 11.8 Å². The van der Waals surface area contributed by atoms with Crippen LogP contribution in [-0.4, -0.2) is 29.8 Å². The van der Waals surface area contributed by atoms with Crippen LogP contribution in [0.3, 0.4) is 0 Å². The summed E-state index contributed by atoms with van der Waals surface area (Å²) in [5.74, 6) is 1.31. The maximum absolute atomic E-state index is 11.4. The van der Waals surface area contributed by atoms with Crippen LogP contribution < -0.4 is 0 Å². The molecule has 0 aromatic carbocycles. The van der Waals surface area contributed by atoms with E-state index in [1.54, 1.807) is 0 Å². The Balaban J connectivity index is 2.02. The average molecular weight is 181 g/mol. The molecule has 2 saturated heterocycles. The van der Waals surface area contributed by atoms with Crippen molar-refractivity contribution < 1.29 is 4.79 Å². The van der Waals surface area contributed by atoms with E-state index in [-0.39, 0.29) is 0 Å². The van der Waals surface area contributed by atoms with Gasteiger partial charge in [0.25, 0.3) is 0 Å². The van der Waals surface area contributed by atoms with Crippen LogP contribution in [0.25, 0.3) is 0 Å². The van der Waals surface area contributed by atoms with Crippen molar-refractivity contribution >= 4 is 5.78 Å². The van der Waals surface area contributed by atoms with Gasteiger partial charge in [-0.1, -0.05) is 6.92 Å². The van der Waals surface area contributed by atoms with E-state index < -0.39 is 0 Å². The van der Waals surface area contributed by atoms with Crippen LogP contribution in [0.1, 0.15) is 39.0 Å². The molecule has 0 radical (unpaired) electrons. The number of rotatable bonds is 0. The zero-order valence-corrected chi connectivity index (χ0v) is 8.46. The minimum Gasteiger partial charge on any atom is -0.300 e. The molecule has 2 fully saturated rings. The lowest BCUT2D eigenvalue weighted by Gasteiger charge is -2.36. The summed E-state index contributed by atoms with van der Waals surface area (Å²) in [5, 5.41) is 0. The van der Waals surface area contributed by atoms with E-state index in [1.165, 1.54) is 19.4 Å². The molecule has 2 aliphatic heterocycles. The van der Waals surface area contributed by atoms with Gasteiger partial charge in [0, 0.05) is 18.9 Å². The second-order valence-electron chi connectivity index (χ2n) is 4.67. The Morgan fingerprint density at radius 2 is 2.23 bits per heavy atom. The summed E-state index contributed by atoms with van der Waals surface area (Å²) < 4.78 is 0. The normalized spacial score (nSPS) is 36.8. The number of piperidine rings is 1. The number of ketones is 1. The molecule has 2 nitrogen and oxygen atoms in total. The van der Waals surface area contributed by atoms with E-state index in [0.29, 0.717) is 11.8 Å². The van der Waals surface area contributed by atoms with Crippen molar-refractivity contribution in [3.05, 3.63) is 0 Å². The fraction of sp³-hybridized carbons (Fsp3) is 0.909. The molecule has 2 heteroatoms. The number of Topliss-reactive ketones (excluding diaryl/α,β-unsaturated/α-hetero) is 1. The molecular formula is C11H19NO. The van der Waals surface area contributed by atoms with Crippen LogP contribution in [-0.2, 0) is 4.79 Å². The maximum Gasteiger partial charge on any atom is 0.134 e. The van der Waals surface area contributed by atoms with Crippen LogP contribution in [0.15, 0.2) is 0 Å². The molecule has 0 N–H and O–H groups in total. The highest BCUT2D eigenvalue weighted by molar-refractivity contribution is 5.79. The minimum absolute atomic E-state index is 0.488. The monoisotopic (exact) mass is 181 g/mol. The van der Waals surface area contributed by atoms with Crippen molar-refractivity contribution in [2.24, 2.45) is 5.92 Å². The fourth-order valence-electron chi connectivity index (χ4n) is 2.65. The molecule has 2 rings (SSSR count). The molecule has 0 saturated carbocycles. The molecule has 0 aromatic heterocycles. The first-order valence-corrected chi connectivity index (χ1v) is 5.51. The Morgan fingerprint density at radius 1 is 1.38 bits per heavy atom. The van der Waals surface area contributed by atoms with Crippen LogP contribution in [0.4, 0.5) is 0 Å². The summed E-state index contributed by atoms with van der Waals surface area (Å²) in [4.78, 5) is 14.0. The minimum atomic E-state index is 0.488. The lowest BCUT2D eigenvalue weighted by Crippen LogP contribution is -2.41. The van der Waals surface area contributed by atoms with Crippen molar-refractivity contribution in [2.45, 2.75) is 45.1 Å². The number of nitrogens with zero attached hydrogens (tertiary/aromatic N) is 1. The van der Waals surface area contributed by atoms with Crippen LogP contribution >= 0.6 is 0 Å². The van der Waals surface area contributed by atoms with Crippen molar-refractivity contribution in [2.75, 3.05) is 13.1 Å². The predicted octanol–water partition coefficient (Wildman–Crippen LogP) is 1.84. The molecular weight excluding hydrogens is 162 g/mol. The van der Waals surface area contributed by atoms with Gasteiger partial charge in [-0.25, -0.2) is 0 Å². The summed E-state index contributed by atoms with van der Waals surface area (Å²) in [7, 11) is 0. The summed E-state index contributed by atoms with van der Waals surface area (Å²) in [6.07, 6.45) is 5.30. The maximum atomic E-state index is 11.4. The lowest BCUT2D eigenvalue weighted by atomic mass is 9.90.